The minimum absolute atomic E-state index is 0.245. The van der Waals surface area contributed by atoms with E-state index in [1.807, 2.05) is 0 Å². The molecular weight excluding hydrogens is 275 g/mol. The number of nitrogens with zero attached hydrogens (tertiary/aromatic N) is 1. The van der Waals surface area contributed by atoms with Crippen molar-refractivity contribution >= 4 is 29.1 Å². The molecule has 1 amide bonds. The molecule has 0 spiro atoms. The molecule has 98 valence electrons. The summed E-state index contributed by atoms with van der Waals surface area (Å²) < 4.78 is 5.41. The van der Waals surface area contributed by atoms with Crippen molar-refractivity contribution in [3.8, 4) is 0 Å². The summed E-state index contributed by atoms with van der Waals surface area (Å²) in [7, 11) is 0. The summed E-state index contributed by atoms with van der Waals surface area (Å²) in [6, 6.07) is 1.45. The van der Waals surface area contributed by atoms with E-state index in [9.17, 15) is 4.79 Å². The highest BCUT2D eigenvalue weighted by molar-refractivity contribution is 6.35. The molecule has 1 N–H and O–H groups in total. The van der Waals surface area contributed by atoms with Gasteiger partial charge >= 0.3 is 0 Å². The molecular formula is C12H14Cl2N2O2. The molecule has 6 heteroatoms. The third kappa shape index (κ3) is 4.12. The van der Waals surface area contributed by atoms with Gasteiger partial charge < -0.3 is 10.1 Å². The molecule has 1 aliphatic rings. The van der Waals surface area contributed by atoms with E-state index in [2.05, 4.69) is 10.3 Å². The zero-order valence-electron chi connectivity index (χ0n) is 9.79. The Morgan fingerprint density at radius 3 is 3.00 bits per heavy atom. The Bertz CT molecular complexity index is 436. The third-order valence-corrected chi connectivity index (χ3v) is 3.16. The minimum atomic E-state index is -0.265. The van der Waals surface area contributed by atoms with Gasteiger partial charge in [0.15, 0.2) is 0 Å². The predicted octanol–water partition coefficient (Wildman–Crippen LogP) is 2.54. The molecule has 18 heavy (non-hydrogen) atoms. The Morgan fingerprint density at radius 1 is 1.50 bits per heavy atom. The van der Waals surface area contributed by atoms with Crippen LogP contribution in [0.15, 0.2) is 12.3 Å². The molecule has 1 saturated carbocycles. The van der Waals surface area contributed by atoms with E-state index < -0.39 is 0 Å². The van der Waals surface area contributed by atoms with Crippen LogP contribution in [-0.2, 0) is 4.74 Å². The number of carbonyl (C=O) groups is 1. The van der Waals surface area contributed by atoms with E-state index in [4.69, 9.17) is 27.9 Å². The standard InChI is InChI=1S/C12H14Cl2N2O2/c13-10-6-16-11(14)5-9(10)12(17)15-3-4-18-7-8-1-2-8/h5-6,8H,1-4,7H2,(H,15,17). The Hall–Kier alpha value is -0.840. The van der Waals surface area contributed by atoms with Crippen molar-refractivity contribution in [2.75, 3.05) is 19.8 Å². The molecule has 4 nitrogen and oxygen atoms in total. The van der Waals surface area contributed by atoms with Crippen LogP contribution in [0.25, 0.3) is 0 Å². The second-order valence-corrected chi connectivity index (χ2v) is 5.06. The number of hydrogen-bond donors (Lipinski definition) is 1. The lowest BCUT2D eigenvalue weighted by Gasteiger charge is -2.07. The Morgan fingerprint density at radius 2 is 2.28 bits per heavy atom. The average molecular weight is 289 g/mol. The maximum atomic E-state index is 11.8. The monoisotopic (exact) mass is 288 g/mol. The SMILES string of the molecule is O=C(NCCOCC1CC1)c1cc(Cl)ncc1Cl. The molecule has 0 aliphatic heterocycles. The highest BCUT2D eigenvalue weighted by Gasteiger charge is 2.20. The fourth-order valence-electron chi connectivity index (χ4n) is 1.45. The topological polar surface area (TPSA) is 51.2 Å². The molecule has 0 aromatic carbocycles. The molecule has 0 saturated heterocycles. The zero-order chi connectivity index (χ0) is 13.0. The summed E-state index contributed by atoms with van der Waals surface area (Å²) in [6.07, 6.45) is 3.89. The van der Waals surface area contributed by atoms with Crippen molar-refractivity contribution in [3.05, 3.63) is 28.0 Å². The highest BCUT2D eigenvalue weighted by Crippen LogP contribution is 2.28. The Balaban J connectivity index is 1.74. The van der Waals surface area contributed by atoms with Crippen molar-refractivity contribution < 1.29 is 9.53 Å². The maximum absolute atomic E-state index is 11.8. The van der Waals surface area contributed by atoms with Crippen LogP contribution in [0.3, 0.4) is 0 Å². The molecule has 1 aromatic rings. The summed E-state index contributed by atoms with van der Waals surface area (Å²) in [4.78, 5) is 15.6. The number of ether oxygens (including phenoxy) is 1. The Kier molecular flexibility index (Phi) is 4.80. The second kappa shape index (κ2) is 6.36. The van der Waals surface area contributed by atoms with Crippen LogP contribution >= 0.6 is 23.2 Å². The van der Waals surface area contributed by atoms with Crippen molar-refractivity contribution in [3.63, 3.8) is 0 Å². The van der Waals surface area contributed by atoms with Gasteiger partial charge in [0.25, 0.3) is 5.91 Å². The molecule has 1 fully saturated rings. The van der Waals surface area contributed by atoms with Crippen molar-refractivity contribution in [2.24, 2.45) is 5.92 Å². The van der Waals surface area contributed by atoms with Crippen LogP contribution in [0.4, 0.5) is 0 Å². The van der Waals surface area contributed by atoms with Crippen molar-refractivity contribution in [1.29, 1.82) is 0 Å². The number of pyridine rings is 1. The molecule has 0 radical (unpaired) electrons. The molecule has 0 unspecified atom stereocenters. The fraction of sp³-hybridized carbons (Fsp3) is 0.500. The molecule has 1 aromatic heterocycles. The first-order valence-electron chi connectivity index (χ1n) is 5.84. The van der Waals surface area contributed by atoms with Crippen molar-refractivity contribution in [2.45, 2.75) is 12.8 Å². The van der Waals surface area contributed by atoms with Gasteiger partial charge in [-0.05, 0) is 24.8 Å². The van der Waals surface area contributed by atoms with E-state index >= 15 is 0 Å². The summed E-state index contributed by atoms with van der Waals surface area (Å²) in [5.41, 5.74) is 0.332. The van der Waals surface area contributed by atoms with Gasteiger partial charge in [0.05, 0.1) is 17.2 Å². The first kappa shape index (κ1) is 13.6. The smallest absolute Gasteiger partial charge is 0.253 e. The normalized spacial score (nSPS) is 14.6. The van der Waals surface area contributed by atoms with E-state index in [1.165, 1.54) is 25.1 Å². The summed E-state index contributed by atoms with van der Waals surface area (Å²) in [6.45, 7) is 1.76. The number of carbonyl (C=O) groups excluding carboxylic acids is 1. The lowest BCUT2D eigenvalue weighted by molar-refractivity contribution is 0.0906. The van der Waals surface area contributed by atoms with Crippen LogP contribution < -0.4 is 5.32 Å². The van der Waals surface area contributed by atoms with Crippen molar-refractivity contribution in [1.82, 2.24) is 10.3 Å². The maximum Gasteiger partial charge on any atom is 0.253 e. The second-order valence-electron chi connectivity index (χ2n) is 4.26. The predicted molar refractivity (Wildman–Crippen MR) is 70.1 cm³/mol. The quantitative estimate of drug-likeness (QED) is 0.647. The van der Waals surface area contributed by atoms with Crippen LogP contribution in [0.5, 0.6) is 0 Å². The third-order valence-electron chi connectivity index (χ3n) is 2.65. The number of rotatable bonds is 6. The molecule has 1 heterocycles. The highest BCUT2D eigenvalue weighted by atomic mass is 35.5. The molecule has 0 bridgehead atoms. The van der Waals surface area contributed by atoms with Crippen LogP contribution in [0.1, 0.15) is 23.2 Å². The lowest BCUT2D eigenvalue weighted by atomic mass is 10.2. The molecule has 0 atom stereocenters. The summed E-state index contributed by atoms with van der Waals surface area (Å²) in [5.74, 6) is 0.466. The summed E-state index contributed by atoms with van der Waals surface area (Å²) in [5, 5.41) is 3.26. The van der Waals surface area contributed by atoms with E-state index in [0.717, 1.165) is 12.5 Å². The number of halogens is 2. The molecule has 1 aliphatic carbocycles. The van der Waals surface area contributed by atoms with Gasteiger partial charge in [-0.3, -0.25) is 4.79 Å². The first-order valence-corrected chi connectivity index (χ1v) is 6.59. The van der Waals surface area contributed by atoms with Gasteiger partial charge in [0, 0.05) is 19.3 Å². The largest absolute Gasteiger partial charge is 0.379 e. The van der Waals surface area contributed by atoms with Gasteiger partial charge in [-0.15, -0.1) is 0 Å². The number of nitrogens with one attached hydrogen (secondary N) is 1. The Labute approximate surface area is 116 Å². The zero-order valence-corrected chi connectivity index (χ0v) is 11.3. The van der Waals surface area contributed by atoms with Gasteiger partial charge in [-0.1, -0.05) is 23.2 Å². The number of aromatic nitrogens is 1. The van der Waals surface area contributed by atoms with Gasteiger partial charge in [0.2, 0.25) is 0 Å². The first-order chi connectivity index (χ1) is 8.66. The van der Waals surface area contributed by atoms with E-state index in [1.54, 1.807) is 0 Å². The van der Waals surface area contributed by atoms with Crippen LogP contribution in [0, 0.1) is 5.92 Å². The van der Waals surface area contributed by atoms with Gasteiger partial charge in [-0.25, -0.2) is 4.98 Å². The number of hydrogen-bond acceptors (Lipinski definition) is 3. The van der Waals surface area contributed by atoms with E-state index in [0.29, 0.717) is 18.7 Å². The number of amides is 1. The lowest BCUT2D eigenvalue weighted by Crippen LogP contribution is -2.27. The van der Waals surface area contributed by atoms with Gasteiger partial charge in [-0.2, -0.15) is 0 Å². The van der Waals surface area contributed by atoms with E-state index in [-0.39, 0.29) is 16.1 Å². The summed E-state index contributed by atoms with van der Waals surface area (Å²) >= 11 is 11.6. The van der Waals surface area contributed by atoms with Crippen LogP contribution in [0.2, 0.25) is 10.2 Å². The van der Waals surface area contributed by atoms with Gasteiger partial charge in [0.1, 0.15) is 5.15 Å². The molecule has 2 rings (SSSR count). The van der Waals surface area contributed by atoms with Crippen LogP contribution in [-0.4, -0.2) is 30.6 Å². The fourth-order valence-corrected chi connectivity index (χ4v) is 1.80. The minimum Gasteiger partial charge on any atom is -0.379 e. The average Bonchev–Trinajstić information content (AvgIpc) is 3.15.